The molecule has 0 bridgehead atoms. The minimum Gasteiger partial charge on any atom is -0.349 e. The van der Waals surface area contributed by atoms with Gasteiger partial charge in [0.25, 0.3) is 5.91 Å². The molecule has 0 aliphatic rings. The molecule has 1 rings (SSSR count). The van der Waals surface area contributed by atoms with Gasteiger partial charge in [-0.2, -0.15) is 5.10 Å². The molecular weight excluding hydrogens is 204 g/mol. The van der Waals surface area contributed by atoms with E-state index in [0.29, 0.717) is 12.2 Å². The summed E-state index contributed by atoms with van der Waals surface area (Å²) in [4.78, 5) is 11.7. The molecule has 1 aromatic rings. The SMILES string of the molecule is CCC(N)(CC)CNC(=O)c1cc(C)[nH]n1. The Kier molecular flexibility index (Phi) is 4.06. The van der Waals surface area contributed by atoms with Crippen LogP contribution in [0.15, 0.2) is 6.07 Å². The highest BCUT2D eigenvalue weighted by Gasteiger charge is 2.21. The molecule has 90 valence electrons. The fourth-order valence-electron chi connectivity index (χ4n) is 1.38. The van der Waals surface area contributed by atoms with Crippen LogP contribution >= 0.6 is 0 Å². The fourth-order valence-corrected chi connectivity index (χ4v) is 1.38. The molecule has 0 fully saturated rings. The van der Waals surface area contributed by atoms with Crippen molar-refractivity contribution in [3.8, 4) is 0 Å². The summed E-state index contributed by atoms with van der Waals surface area (Å²) in [6, 6.07) is 1.71. The lowest BCUT2D eigenvalue weighted by atomic mass is 9.94. The number of aromatic nitrogens is 2. The molecule has 1 heterocycles. The molecule has 0 saturated carbocycles. The third-order valence-corrected chi connectivity index (χ3v) is 2.95. The van der Waals surface area contributed by atoms with Crippen molar-refractivity contribution in [3.05, 3.63) is 17.5 Å². The van der Waals surface area contributed by atoms with Gasteiger partial charge < -0.3 is 11.1 Å². The molecule has 0 aliphatic heterocycles. The second kappa shape index (κ2) is 5.12. The zero-order chi connectivity index (χ0) is 12.2. The van der Waals surface area contributed by atoms with Crippen LogP contribution in [0, 0.1) is 6.92 Å². The van der Waals surface area contributed by atoms with E-state index >= 15 is 0 Å². The van der Waals surface area contributed by atoms with Crippen molar-refractivity contribution in [2.24, 2.45) is 5.73 Å². The standard InChI is InChI=1S/C11H20N4O/c1-4-11(12,5-2)7-13-10(16)9-6-8(3)14-15-9/h6H,4-5,7,12H2,1-3H3,(H,13,16)(H,14,15). The summed E-state index contributed by atoms with van der Waals surface area (Å²) < 4.78 is 0. The molecule has 0 atom stereocenters. The van der Waals surface area contributed by atoms with Crippen LogP contribution < -0.4 is 11.1 Å². The molecule has 0 aliphatic carbocycles. The molecule has 0 spiro atoms. The van der Waals surface area contributed by atoms with Gasteiger partial charge in [0.05, 0.1) is 0 Å². The Morgan fingerprint density at radius 1 is 1.56 bits per heavy atom. The molecule has 0 radical (unpaired) electrons. The van der Waals surface area contributed by atoms with Gasteiger partial charge >= 0.3 is 0 Å². The Bertz CT molecular complexity index is 355. The van der Waals surface area contributed by atoms with Gasteiger partial charge in [0.2, 0.25) is 0 Å². The Morgan fingerprint density at radius 3 is 2.62 bits per heavy atom. The largest absolute Gasteiger partial charge is 0.349 e. The summed E-state index contributed by atoms with van der Waals surface area (Å²) in [5, 5.41) is 9.43. The summed E-state index contributed by atoms with van der Waals surface area (Å²) in [6.45, 7) is 6.38. The van der Waals surface area contributed by atoms with Gasteiger partial charge in [0.15, 0.2) is 0 Å². The topological polar surface area (TPSA) is 83.8 Å². The fraction of sp³-hybridized carbons (Fsp3) is 0.636. The first-order valence-corrected chi connectivity index (χ1v) is 5.60. The second-order valence-corrected chi connectivity index (χ2v) is 4.19. The third kappa shape index (κ3) is 3.06. The van der Waals surface area contributed by atoms with Crippen LogP contribution in [-0.2, 0) is 0 Å². The van der Waals surface area contributed by atoms with Gasteiger partial charge in [-0.15, -0.1) is 0 Å². The Morgan fingerprint density at radius 2 is 2.19 bits per heavy atom. The monoisotopic (exact) mass is 224 g/mol. The lowest BCUT2D eigenvalue weighted by Gasteiger charge is -2.26. The van der Waals surface area contributed by atoms with E-state index in [1.54, 1.807) is 6.07 Å². The van der Waals surface area contributed by atoms with E-state index in [1.807, 2.05) is 20.8 Å². The Hall–Kier alpha value is -1.36. The molecule has 5 nitrogen and oxygen atoms in total. The number of nitrogens with zero attached hydrogens (tertiary/aromatic N) is 1. The van der Waals surface area contributed by atoms with Gasteiger partial charge in [-0.05, 0) is 25.8 Å². The van der Waals surface area contributed by atoms with Gasteiger partial charge in [0, 0.05) is 17.8 Å². The normalized spacial score (nSPS) is 11.5. The van der Waals surface area contributed by atoms with E-state index in [2.05, 4.69) is 15.5 Å². The highest BCUT2D eigenvalue weighted by Crippen LogP contribution is 2.09. The molecule has 1 amide bonds. The lowest BCUT2D eigenvalue weighted by Crippen LogP contribution is -2.49. The number of amides is 1. The molecule has 5 heteroatoms. The minimum atomic E-state index is -0.318. The van der Waals surface area contributed by atoms with E-state index in [4.69, 9.17) is 5.73 Å². The van der Waals surface area contributed by atoms with Crippen LogP contribution in [0.1, 0.15) is 42.9 Å². The van der Waals surface area contributed by atoms with Crippen molar-refractivity contribution in [2.75, 3.05) is 6.54 Å². The average Bonchev–Trinajstić information content (AvgIpc) is 2.72. The highest BCUT2D eigenvalue weighted by atomic mass is 16.1. The summed E-state index contributed by atoms with van der Waals surface area (Å²) >= 11 is 0. The molecule has 4 N–H and O–H groups in total. The summed E-state index contributed by atoms with van der Waals surface area (Å²) in [7, 11) is 0. The van der Waals surface area contributed by atoms with E-state index in [9.17, 15) is 4.79 Å². The van der Waals surface area contributed by atoms with E-state index < -0.39 is 0 Å². The molecule has 0 saturated heterocycles. The first-order chi connectivity index (χ1) is 7.50. The van der Waals surface area contributed by atoms with Crippen LogP contribution in [0.3, 0.4) is 0 Å². The number of aryl methyl sites for hydroxylation is 1. The summed E-state index contributed by atoms with van der Waals surface area (Å²) in [5.41, 5.74) is 7.05. The lowest BCUT2D eigenvalue weighted by molar-refractivity contribution is 0.0937. The summed E-state index contributed by atoms with van der Waals surface area (Å²) in [5.74, 6) is -0.180. The van der Waals surface area contributed by atoms with Crippen molar-refractivity contribution >= 4 is 5.91 Å². The van der Waals surface area contributed by atoms with Gasteiger partial charge in [-0.3, -0.25) is 9.89 Å². The average molecular weight is 224 g/mol. The molecule has 16 heavy (non-hydrogen) atoms. The number of H-pyrrole nitrogens is 1. The number of carbonyl (C=O) groups is 1. The number of aromatic amines is 1. The van der Waals surface area contributed by atoms with Crippen molar-refractivity contribution in [1.29, 1.82) is 0 Å². The minimum absolute atomic E-state index is 0.180. The molecule has 0 unspecified atom stereocenters. The number of nitrogens with two attached hydrogens (primary N) is 1. The van der Waals surface area contributed by atoms with E-state index in [-0.39, 0.29) is 11.4 Å². The van der Waals surface area contributed by atoms with Crippen LogP contribution in [0.2, 0.25) is 0 Å². The molecular formula is C11H20N4O. The van der Waals surface area contributed by atoms with E-state index in [1.165, 1.54) is 0 Å². The molecule has 1 aromatic heterocycles. The first-order valence-electron chi connectivity index (χ1n) is 5.60. The predicted molar refractivity (Wildman–Crippen MR) is 63.2 cm³/mol. The zero-order valence-electron chi connectivity index (χ0n) is 10.1. The Balaban J connectivity index is 2.53. The van der Waals surface area contributed by atoms with Crippen molar-refractivity contribution in [3.63, 3.8) is 0 Å². The van der Waals surface area contributed by atoms with Crippen molar-refractivity contribution in [2.45, 2.75) is 39.2 Å². The van der Waals surface area contributed by atoms with Crippen molar-refractivity contribution in [1.82, 2.24) is 15.5 Å². The number of nitrogens with one attached hydrogen (secondary N) is 2. The summed E-state index contributed by atoms with van der Waals surface area (Å²) in [6.07, 6.45) is 1.67. The first kappa shape index (κ1) is 12.7. The maximum atomic E-state index is 11.7. The predicted octanol–water partition coefficient (Wildman–Crippen LogP) is 0.965. The number of carbonyl (C=O) groups excluding carboxylic acids is 1. The molecule has 0 aromatic carbocycles. The maximum Gasteiger partial charge on any atom is 0.271 e. The van der Waals surface area contributed by atoms with Gasteiger partial charge in [-0.1, -0.05) is 13.8 Å². The quantitative estimate of drug-likeness (QED) is 0.696. The number of hydrogen-bond acceptors (Lipinski definition) is 3. The van der Waals surface area contributed by atoms with Crippen LogP contribution in [0.25, 0.3) is 0 Å². The van der Waals surface area contributed by atoms with Crippen LogP contribution in [0.5, 0.6) is 0 Å². The Labute approximate surface area is 95.8 Å². The van der Waals surface area contributed by atoms with Crippen LogP contribution in [0.4, 0.5) is 0 Å². The van der Waals surface area contributed by atoms with E-state index in [0.717, 1.165) is 18.5 Å². The van der Waals surface area contributed by atoms with Crippen molar-refractivity contribution < 1.29 is 4.79 Å². The third-order valence-electron chi connectivity index (χ3n) is 2.95. The second-order valence-electron chi connectivity index (χ2n) is 4.19. The number of rotatable bonds is 5. The maximum absolute atomic E-state index is 11.7. The highest BCUT2D eigenvalue weighted by molar-refractivity contribution is 5.92. The zero-order valence-corrected chi connectivity index (χ0v) is 10.1. The number of hydrogen-bond donors (Lipinski definition) is 3. The van der Waals surface area contributed by atoms with Crippen LogP contribution in [-0.4, -0.2) is 28.2 Å². The van der Waals surface area contributed by atoms with Gasteiger partial charge in [-0.25, -0.2) is 0 Å². The smallest absolute Gasteiger partial charge is 0.271 e. The van der Waals surface area contributed by atoms with Gasteiger partial charge in [0.1, 0.15) is 5.69 Å².